The minimum Gasteiger partial charge on any atom is -0.399 e. The average Bonchev–Trinajstić information content (AvgIpc) is 2.67. The standard InChI is InChI=1S/C17H25BN2O3/c1-13(21)19-11-7-6-8-15-10-9-14(12-20-15)18-22-16(2,3)17(4,5)23-18/h6,8-10,12H,7,11H2,1-5H3,(H,19,21). The van der Waals surface area contributed by atoms with Crippen molar-refractivity contribution in [1.29, 1.82) is 0 Å². The van der Waals surface area contributed by atoms with E-state index >= 15 is 0 Å². The van der Waals surface area contributed by atoms with Gasteiger partial charge in [-0.2, -0.15) is 0 Å². The van der Waals surface area contributed by atoms with Crippen LogP contribution in [0.3, 0.4) is 0 Å². The number of rotatable bonds is 5. The van der Waals surface area contributed by atoms with Gasteiger partial charge in [0.1, 0.15) is 0 Å². The van der Waals surface area contributed by atoms with Crippen molar-refractivity contribution in [2.24, 2.45) is 0 Å². The van der Waals surface area contributed by atoms with Crippen LogP contribution in [0, 0.1) is 0 Å². The molecule has 6 heteroatoms. The van der Waals surface area contributed by atoms with Gasteiger partial charge in [-0.1, -0.05) is 12.1 Å². The molecule has 0 bridgehead atoms. The Morgan fingerprint density at radius 1 is 1.26 bits per heavy atom. The van der Waals surface area contributed by atoms with Gasteiger partial charge in [-0.15, -0.1) is 0 Å². The molecule has 0 unspecified atom stereocenters. The van der Waals surface area contributed by atoms with E-state index < -0.39 is 0 Å². The van der Waals surface area contributed by atoms with E-state index in [0.717, 1.165) is 17.6 Å². The molecule has 1 aromatic heterocycles. The average molecular weight is 316 g/mol. The maximum Gasteiger partial charge on any atom is 0.496 e. The SMILES string of the molecule is CC(=O)NCCC=Cc1ccc(B2OC(C)(C)C(C)(C)O2)cn1. The fourth-order valence-electron chi connectivity index (χ4n) is 2.17. The summed E-state index contributed by atoms with van der Waals surface area (Å²) in [6.45, 7) is 10.3. The smallest absolute Gasteiger partial charge is 0.399 e. The van der Waals surface area contributed by atoms with Gasteiger partial charge in [0.05, 0.1) is 16.9 Å². The maximum absolute atomic E-state index is 10.8. The van der Waals surface area contributed by atoms with Gasteiger partial charge in [0.15, 0.2) is 0 Å². The summed E-state index contributed by atoms with van der Waals surface area (Å²) in [6.07, 6.45) is 6.50. The van der Waals surface area contributed by atoms with E-state index in [9.17, 15) is 4.79 Å². The quantitative estimate of drug-likeness (QED) is 0.666. The lowest BCUT2D eigenvalue weighted by molar-refractivity contribution is -0.118. The molecule has 1 aliphatic heterocycles. The van der Waals surface area contributed by atoms with Crippen LogP contribution in [-0.4, -0.2) is 35.8 Å². The molecule has 23 heavy (non-hydrogen) atoms. The molecule has 0 atom stereocenters. The lowest BCUT2D eigenvalue weighted by Gasteiger charge is -2.32. The molecule has 0 aromatic carbocycles. The van der Waals surface area contributed by atoms with Crippen molar-refractivity contribution < 1.29 is 14.1 Å². The van der Waals surface area contributed by atoms with Crippen LogP contribution in [0.5, 0.6) is 0 Å². The van der Waals surface area contributed by atoms with Crippen LogP contribution in [0.2, 0.25) is 0 Å². The number of carbonyl (C=O) groups is 1. The second-order valence-electron chi connectivity index (χ2n) is 6.78. The van der Waals surface area contributed by atoms with E-state index in [1.54, 1.807) is 6.20 Å². The van der Waals surface area contributed by atoms with Gasteiger partial charge in [-0.25, -0.2) is 0 Å². The summed E-state index contributed by atoms with van der Waals surface area (Å²) in [4.78, 5) is 15.2. The Bertz CT molecular complexity index is 566. The molecule has 0 radical (unpaired) electrons. The molecule has 124 valence electrons. The molecule has 0 saturated carbocycles. The number of aromatic nitrogens is 1. The number of amides is 1. The van der Waals surface area contributed by atoms with Crippen LogP contribution in [-0.2, 0) is 14.1 Å². The van der Waals surface area contributed by atoms with Gasteiger partial charge in [0.2, 0.25) is 5.91 Å². The first kappa shape index (κ1) is 17.7. The van der Waals surface area contributed by atoms with E-state index in [-0.39, 0.29) is 24.2 Å². The summed E-state index contributed by atoms with van der Waals surface area (Å²) in [5.74, 6) is -0.0108. The minimum absolute atomic E-state index is 0.0108. The summed E-state index contributed by atoms with van der Waals surface area (Å²) < 4.78 is 12.0. The minimum atomic E-state index is -0.384. The van der Waals surface area contributed by atoms with Crippen molar-refractivity contribution in [3.05, 3.63) is 30.1 Å². The summed E-state index contributed by atoms with van der Waals surface area (Å²) >= 11 is 0. The number of nitrogens with one attached hydrogen (secondary N) is 1. The Morgan fingerprint density at radius 3 is 2.43 bits per heavy atom. The summed E-state index contributed by atoms with van der Waals surface area (Å²) in [5, 5.41) is 2.75. The van der Waals surface area contributed by atoms with Crippen LogP contribution in [0.25, 0.3) is 6.08 Å². The zero-order valence-electron chi connectivity index (χ0n) is 14.6. The van der Waals surface area contributed by atoms with Crippen LogP contribution < -0.4 is 10.8 Å². The van der Waals surface area contributed by atoms with Gasteiger partial charge in [0, 0.05) is 25.1 Å². The Hall–Kier alpha value is -1.66. The van der Waals surface area contributed by atoms with Crippen LogP contribution in [0.4, 0.5) is 0 Å². The molecule has 1 amide bonds. The van der Waals surface area contributed by atoms with E-state index in [0.29, 0.717) is 6.54 Å². The lowest BCUT2D eigenvalue weighted by atomic mass is 9.80. The van der Waals surface area contributed by atoms with E-state index in [1.165, 1.54) is 6.92 Å². The maximum atomic E-state index is 10.8. The number of hydrogen-bond donors (Lipinski definition) is 1. The summed E-state index contributed by atoms with van der Waals surface area (Å²) in [5.41, 5.74) is 1.09. The van der Waals surface area contributed by atoms with E-state index in [2.05, 4.69) is 10.3 Å². The molecule has 2 heterocycles. The highest BCUT2D eigenvalue weighted by Crippen LogP contribution is 2.36. The molecular formula is C17H25BN2O3. The van der Waals surface area contributed by atoms with Crippen LogP contribution in [0.1, 0.15) is 46.7 Å². The largest absolute Gasteiger partial charge is 0.496 e. The molecule has 0 spiro atoms. The third-order valence-corrected chi connectivity index (χ3v) is 4.31. The molecule has 0 aliphatic carbocycles. The number of carbonyl (C=O) groups excluding carboxylic acids is 1. The fourth-order valence-corrected chi connectivity index (χ4v) is 2.17. The summed E-state index contributed by atoms with van der Waals surface area (Å²) in [6, 6.07) is 3.91. The van der Waals surface area contributed by atoms with Crippen molar-refractivity contribution in [3.8, 4) is 0 Å². The van der Waals surface area contributed by atoms with Crippen molar-refractivity contribution in [1.82, 2.24) is 10.3 Å². The van der Waals surface area contributed by atoms with E-state index in [1.807, 2.05) is 52.0 Å². The van der Waals surface area contributed by atoms with Crippen LogP contribution >= 0.6 is 0 Å². The predicted molar refractivity (Wildman–Crippen MR) is 92.3 cm³/mol. The monoisotopic (exact) mass is 316 g/mol. The van der Waals surface area contributed by atoms with Gasteiger partial charge in [0.25, 0.3) is 0 Å². The third kappa shape index (κ3) is 4.42. The second kappa shape index (κ2) is 6.85. The number of pyridine rings is 1. The highest BCUT2D eigenvalue weighted by molar-refractivity contribution is 6.62. The normalized spacial score (nSPS) is 19.3. The topological polar surface area (TPSA) is 60.5 Å². The van der Waals surface area contributed by atoms with Gasteiger partial charge in [-0.3, -0.25) is 9.78 Å². The first-order valence-corrected chi connectivity index (χ1v) is 7.94. The van der Waals surface area contributed by atoms with Crippen molar-refractivity contribution in [2.45, 2.75) is 52.2 Å². The molecule has 1 saturated heterocycles. The molecule has 5 nitrogen and oxygen atoms in total. The predicted octanol–water partition coefficient (Wildman–Crippen LogP) is 1.92. The Labute approximate surface area is 138 Å². The Morgan fingerprint density at radius 2 is 1.91 bits per heavy atom. The van der Waals surface area contributed by atoms with E-state index in [4.69, 9.17) is 9.31 Å². The highest BCUT2D eigenvalue weighted by Gasteiger charge is 2.51. The van der Waals surface area contributed by atoms with Gasteiger partial charge >= 0.3 is 7.12 Å². The zero-order chi connectivity index (χ0) is 17.1. The fraction of sp³-hybridized carbons (Fsp3) is 0.529. The number of nitrogens with zero attached hydrogens (tertiary/aromatic N) is 1. The zero-order valence-corrected chi connectivity index (χ0v) is 14.6. The first-order valence-electron chi connectivity index (χ1n) is 7.94. The molecule has 1 aromatic rings. The lowest BCUT2D eigenvalue weighted by Crippen LogP contribution is -2.41. The van der Waals surface area contributed by atoms with Crippen LogP contribution in [0.15, 0.2) is 24.4 Å². The van der Waals surface area contributed by atoms with Crippen molar-refractivity contribution >= 4 is 24.6 Å². The molecule has 2 rings (SSSR count). The number of hydrogen-bond acceptors (Lipinski definition) is 4. The molecule has 1 fully saturated rings. The molecular weight excluding hydrogens is 291 g/mol. The molecule has 1 N–H and O–H groups in total. The highest BCUT2D eigenvalue weighted by atomic mass is 16.7. The van der Waals surface area contributed by atoms with Gasteiger partial charge < -0.3 is 14.6 Å². The van der Waals surface area contributed by atoms with Gasteiger partial charge in [-0.05, 0) is 46.3 Å². The Kier molecular flexibility index (Phi) is 5.27. The molecule has 1 aliphatic rings. The second-order valence-corrected chi connectivity index (χ2v) is 6.78. The van der Waals surface area contributed by atoms with Crippen molar-refractivity contribution in [2.75, 3.05) is 6.54 Å². The van der Waals surface area contributed by atoms with Crippen molar-refractivity contribution in [3.63, 3.8) is 0 Å². The Balaban J connectivity index is 1.93. The summed E-state index contributed by atoms with van der Waals surface area (Å²) in [7, 11) is -0.384. The third-order valence-electron chi connectivity index (χ3n) is 4.31. The first-order chi connectivity index (χ1) is 10.7.